The summed E-state index contributed by atoms with van der Waals surface area (Å²) in [5.41, 5.74) is 1.04. The van der Waals surface area contributed by atoms with Crippen LogP contribution in [0.25, 0.3) is 0 Å². The molecule has 0 saturated heterocycles. The average Bonchev–Trinajstić information content (AvgIpc) is 3.18. The smallest absolute Gasteiger partial charge is 0.191 e. The van der Waals surface area contributed by atoms with E-state index in [1.54, 1.807) is 27.6 Å². The van der Waals surface area contributed by atoms with Crippen LogP contribution in [0.1, 0.15) is 31.7 Å². The lowest BCUT2D eigenvalue weighted by molar-refractivity contribution is 0.353. The summed E-state index contributed by atoms with van der Waals surface area (Å²) in [7, 11) is 5.10. The van der Waals surface area contributed by atoms with Gasteiger partial charge >= 0.3 is 0 Å². The molecule has 1 aliphatic rings. The van der Waals surface area contributed by atoms with E-state index < -0.39 is 0 Å². The van der Waals surface area contributed by atoms with Crippen molar-refractivity contribution in [1.29, 1.82) is 0 Å². The highest BCUT2D eigenvalue weighted by molar-refractivity contribution is 14.0. The van der Waals surface area contributed by atoms with Gasteiger partial charge in [0, 0.05) is 31.5 Å². The lowest BCUT2D eigenvalue weighted by atomic mass is 9.84. The van der Waals surface area contributed by atoms with Gasteiger partial charge < -0.3 is 20.1 Å². The second-order valence-electron chi connectivity index (χ2n) is 7.62. The molecule has 2 heterocycles. The van der Waals surface area contributed by atoms with E-state index in [0.29, 0.717) is 0 Å². The molecular weight excluding hydrogens is 483 g/mol. The van der Waals surface area contributed by atoms with Crippen LogP contribution in [0.4, 0.5) is 0 Å². The molecule has 1 aliphatic heterocycles. The number of hydrogen-bond acceptors (Lipinski definition) is 5. The Balaban J connectivity index is 0.00000300. The Kier molecular flexibility index (Phi) is 8.12. The maximum atomic E-state index is 5.45. The fourth-order valence-electron chi connectivity index (χ4n) is 3.41. The highest BCUT2D eigenvalue weighted by Crippen LogP contribution is 2.32. The number of methoxy groups -OCH3 is 2. The molecule has 8 nitrogen and oxygen atoms in total. The number of guanidine groups is 1. The van der Waals surface area contributed by atoms with Crippen LogP contribution < -0.4 is 20.1 Å². The number of ether oxygens (including phenoxy) is 2. The van der Waals surface area contributed by atoms with E-state index >= 15 is 0 Å². The summed E-state index contributed by atoms with van der Waals surface area (Å²) >= 11 is 0. The van der Waals surface area contributed by atoms with Gasteiger partial charge in [0.2, 0.25) is 0 Å². The zero-order valence-electron chi connectivity index (χ0n) is 17.7. The van der Waals surface area contributed by atoms with Crippen LogP contribution in [0.2, 0.25) is 0 Å². The van der Waals surface area contributed by atoms with Crippen LogP contribution in [0, 0.1) is 0 Å². The van der Waals surface area contributed by atoms with Gasteiger partial charge in [0.05, 0.1) is 20.8 Å². The van der Waals surface area contributed by atoms with Crippen molar-refractivity contribution in [1.82, 2.24) is 25.4 Å². The SMILES string of the molecule is CN=C(NCC(C)(C)c1ccc(OC)c(OC)c1)NC1CCc2ncnn2C1.I. The molecule has 0 saturated carbocycles. The number of nitrogens with one attached hydrogen (secondary N) is 2. The normalized spacial score (nSPS) is 16.4. The lowest BCUT2D eigenvalue weighted by Gasteiger charge is -2.29. The molecule has 0 radical (unpaired) electrons. The van der Waals surface area contributed by atoms with Crippen LogP contribution in [-0.2, 0) is 18.4 Å². The van der Waals surface area contributed by atoms with Crippen molar-refractivity contribution in [3.63, 3.8) is 0 Å². The van der Waals surface area contributed by atoms with Gasteiger partial charge in [0.25, 0.3) is 0 Å². The number of benzene rings is 1. The highest BCUT2D eigenvalue weighted by atomic mass is 127. The van der Waals surface area contributed by atoms with Crippen LogP contribution in [-0.4, -0.2) is 54.6 Å². The number of rotatable bonds is 6. The molecule has 2 N–H and O–H groups in total. The first kappa shape index (κ1) is 23.2. The van der Waals surface area contributed by atoms with E-state index in [2.05, 4.69) is 45.6 Å². The van der Waals surface area contributed by atoms with E-state index in [1.165, 1.54) is 0 Å². The monoisotopic (exact) mass is 514 g/mol. The number of halogens is 1. The fraction of sp³-hybridized carbons (Fsp3) is 0.550. The molecule has 0 amide bonds. The quantitative estimate of drug-likeness (QED) is 0.350. The van der Waals surface area contributed by atoms with Gasteiger partial charge in [-0.1, -0.05) is 19.9 Å². The summed E-state index contributed by atoms with van der Waals surface area (Å²) in [5, 5.41) is 11.2. The van der Waals surface area contributed by atoms with Crippen molar-refractivity contribution in [2.45, 2.75) is 44.7 Å². The van der Waals surface area contributed by atoms with Crippen molar-refractivity contribution in [3.05, 3.63) is 35.9 Å². The minimum absolute atomic E-state index is 0. The molecule has 0 spiro atoms. The Bertz CT molecular complexity index is 836. The minimum atomic E-state index is -0.122. The first-order valence-electron chi connectivity index (χ1n) is 9.53. The predicted octanol–water partition coefficient (Wildman–Crippen LogP) is 2.37. The molecule has 0 fully saturated rings. The average molecular weight is 514 g/mol. The molecule has 1 aromatic carbocycles. The van der Waals surface area contributed by atoms with Crippen molar-refractivity contribution in [2.24, 2.45) is 4.99 Å². The zero-order chi connectivity index (χ0) is 20.1. The number of hydrogen-bond donors (Lipinski definition) is 2. The summed E-state index contributed by atoms with van der Waals surface area (Å²) in [6, 6.07) is 6.34. The first-order valence-corrected chi connectivity index (χ1v) is 9.53. The lowest BCUT2D eigenvalue weighted by Crippen LogP contribution is -2.49. The van der Waals surface area contributed by atoms with Crippen molar-refractivity contribution < 1.29 is 9.47 Å². The summed E-state index contributed by atoms with van der Waals surface area (Å²) in [4.78, 5) is 8.67. The van der Waals surface area contributed by atoms with Crippen LogP contribution >= 0.6 is 24.0 Å². The van der Waals surface area contributed by atoms with E-state index in [4.69, 9.17) is 9.47 Å². The van der Waals surface area contributed by atoms with Crippen molar-refractivity contribution in [2.75, 3.05) is 27.8 Å². The predicted molar refractivity (Wildman–Crippen MR) is 125 cm³/mol. The molecule has 0 bridgehead atoms. The van der Waals surface area contributed by atoms with Crippen LogP contribution in [0.5, 0.6) is 11.5 Å². The van der Waals surface area contributed by atoms with Crippen molar-refractivity contribution in [3.8, 4) is 11.5 Å². The standard InChI is InChI=1S/C20H30N6O2.HI/c1-20(2,14-6-8-16(27-4)17(10-14)28-5)12-22-19(21-3)25-15-7-9-18-23-13-24-26(18)11-15;/h6,8,10,13,15H,7,9,11-12H2,1-5H3,(H2,21,22,25);1H. The van der Waals surface area contributed by atoms with Gasteiger partial charge in [-0.25, -0.2) is 9.67 Å². The summed E-state index contributed by atoms with van der Waals surface area (Å²) in [5.74, 6) is 3.32. The second-order valence-corrected chi connectivity index (χ2v) is 7.62. The van der Waals surface area contributed by atoms with Crippen LogP contribution in [0.3, 0.4) is 0 Å². The topological polar surface area (TPSA) is 85.6 Å². The fourth-order valence-corrected chi connectivity index (χ4v) is 3.41. The van der Waals surface area contributed by atoms with Gasteiger partial charge in [-0.15, -0.1) is 24.0 Å². The Morgan fingerprint density at radius 2 is 2.03 bits per heavy atom. The van der Waals surface area contributed by atoms with E-state index in [9.17, 15) is 0 Å². The second kappa shape index (κ2) is 10.1. The molecule has 1 aromatic heterocycles. The molecule has 1 unspecified atom stereocenters. The maximum absolute atomic E-state index is 5.45. The van der Waals surface area contributed by atoms with Gasteiger partial charge in [-0.05, 0) is 24.1 Å². The molecule has 3 rings (SSSR count). The van der Waals surface area contributed by atoms with E-state index in [1.807, 2.05) is 16.8 Å². The summed E-state index contributed by atoms with van der Waals surface area (Å²) in [6.07, 6.45) is 3.56. The minimum Gasteiger partial charge on any atom is -0.493 e. The number of aryl methyl sites for hydroxylation is 1. The van der Waals surface area contributed by atoms with E-state index in [-0.39, 0.29) is 35.4 Å². The highest BCUT2D eigenvalue weighted by Gasteiger charge is 2.24. The number of aliphatic imine (C=N–C) groups is 1. The number of nitrogens with zero attached hydrogens (tertiary/aromatic N) is 4. The third-order valence-electron chi connectivity index (χ3n) is 5.23. The van der Waals surface area contributed by atoms with Gasteiger partial charge in [0.1, 0.15) is 12.2 Å². The van der Waals surface area contributed by atoms with Gasteiger partial charge in [-0.2, -0.15) is 5.10 Å². The Labute approximate surface area is 189 Å². The molecular formula is C20H31IN6O2. The maximum Gasteiger partial charge on any atom is 0.191 e. The molecule has 9 heteroatoms. The largest absolute Gasteiger partial charge is 0.493 e. The van der Waals surface area contributed by atoms with Gasteiger partial charge in [-0.3, -0.25) is 4.99 Å². The Hall–Kier alpha value is -2.04. The van der Waals surface area contributed by atoms with Crippen molar-refractivity contribution >= 4 is 29.9 Å². The molecule has 29 heavy (non-hydrogen) atoms. The third kappa shape index (κ3) is 5.52. The van der Waals surface area contributed by atoms with Gasteiger partial charge in [0.15, 0.2) is 17.5 Å². The number of fused-ring (bicyclic) bond motifs is 1. The zero-order valence-corrected chi connectivity index (χ0v) is 20.1. The summed E-state index contributed by atoms with van der Waals surface area (Å²) < 4.78 is 12.7. The van der Waals surface area contributed by atoms with Crippen LogP contribution in [0.15, 0.2) is 29.5 Å². The summed E-state index contributed by atoms with van der Waals surface area (Å²) in [6.45, 7) is 5.91. The Morgan fingerprint density at radius 1 is 1.28 bits per heavy atom. The molecule has 0 aliphatic carbocycles. The molecule has 1 atom stereocenters. The molecule has 2 aromatic rings. The molecule has 160 valence electrons. The number of aromatic nitrogens is 3. The van der Waals surface area contributed by atoms with E-state index in [0.717, 1.165) is 54.8 Å². The third-order valence-corrected chi connectivity index (χ3v) is 5.23. The Morgan fingerprint density at radius 3 is 2.72 bits per heavy atom. The first-order chi connectivity index (χ1) is 13.5.